The van der Waals surface area contributed by atoms with Crippen molar-refractivity contribution in [2.75, 3.05) is 0 Å². The number of nitrogens with zero attached hydrogens (tertiary/aromatic N) is 2. The highest BCUT2D eigenvalue weighted by Gasteiger charge is 2.46. The number of hydrogen-bond donors (Lipinski definition) is 1. The molecule has 0 fully saturated rings. The van der Waals surface area contributed by atoms with Gasteiger partial charge in [0, 0.05) is 16.6 Å². The number of benzene rings is 19. The fraction of sp³-hybridized carbons (Fsp3) is 0.0579. The Labute approximate surface area is 820 Å². The molecule has 1 aliphatic carbocycles. The Balaban J connectivity index is 0.000000127. The molecule has 0 atom stereocenters. The van der Waals surface area contributed by atoms with E-state index in [1.165, 1.54) is 111 Å². The molecule has 1 aliphatic rings. The number of rotatable bonds is 23. The molecule has 0 unspecified atom stereocenters. The van der Waals surface area contributed by atoms with Gasteiger partial charge in [-0.3, -0.25) is 20.2 Å². The van der Waals surface area contributed by atoms with Gasteiger partial charge in [-0.2, -0.15) is 0 Å². The van der Waals surface area contributed by atoms with Crippen molar-refractivity contribution < 1.29 is 19.6 Å². The highest BCUT2D eigenvalue weighted by molar-refractivity contribution is 9.10. The van der Waals surface area contributed by atoms with Crippen LogP contribution in [0.15, 0.2) is 537 Å². The Morgan fingerprint density at radius 1 is 0.265 bits per heavy atom. The molecular weight excluding hydrogens is 1860 g/mol. The predicted molar refractivity (Wildman–Crippen MR) is 586 cm³/mol. The molecule has 15 heteroatoms. The van der Waals surface area contributed by atoms with Crippen LogP contribution in [-0.4, -0.2) is 65.9 Å². The second-order valence-electron chi connectivity index (χ2n) is 34.6. The molecule has 1 radical (unpaired) electrons. The lowest BCUT2D eigenvalue weighted by Crippen LogP contribution is -2.74. The van der Waals surface area contributed by atoms with Gasteiger partial charge in [0.25, 0.3) is 11.4 Å². The summed E-state index contributed by atoms with van der Waals surface area (Å²) in [4.78, 5) is 21.0. The number of nitro benzene ring substituents is 2. The summed E-state index contributed by atoms with van der Waals surface area (Å²) in [6.07, 6.45) is 1.02. The molecular formula is C121H102BBr2N2O6Si4. The minimum Gasteiger partial charge on any atom is -0.427 e. The van der Waals surface area contributed by atoms with Crippen molar-refractivity contribution in [3.05, 3.63) is 568 Å². The van der Waals surface area contributed by atoms with E-state index in [9.17, 15) is 25.3 Å². The number of hydrogen-bond acceptors (Lipinski definition) is 6. The van der Waals surface area contributed by atoms with Crippen LogP contribution in [0.4, 0.5) is 11.4 Å². The van der Waals surface area contributed by atoms with Crippen LogP contribution in [-0.2, 0) is 11.1 Å². The van der Waals surface area contributed by atoms with E-state index in [2.05, 4.69) is 499 Å². The second kappa shape index (κ2) is 43.9. The molecule has 0 aromatic heterocycles. The van der Waals surface area contributed by atoms with Gasteiger partial charge < -0.3 is 9.76 Å². The third-order valence-electron chi connectivity index (χ3n) is 26.1. The maximum Gasteiger partial charge on any atom is 0.330 e. The fourth-order valence-electron chi connectivity index (χ4n) is 18.9. The zero-order valence-corrected chi connectivity index (χ0v) is 83.3. The van der Waals surface area contributed by atoms with Crippen molar-refractivity contribution in [3.63, 3.8) is 0 Å². The number of halogens is 2. The minimum atomic E-state index is -2.59. The molecule has 19 aromatic rings. The molecule has 0 saturated heterocycles. The Hall–Kier alpha value is -14.2. The lowest BCUT2D eigenvalue weighted by molar-refractivity contribution is -0.385. The first-order valence-electron chi connectivity index (χ1n) is 45.6. The summed E-state index contributed by atoms with van der Waals surface area (Å²) in [6.45, 7) is 7.33. The molecule has 136 heavy (non-hydrogen) atoms. The minimum absolute atomic E-state index is 0.0995. The van der Waals surface area contributed by atoms with Crippen LogP contribution in [0.1, 0.15) is 38.8 Å². The summed E-state index contributed by atoms with van der Waals surface area (Å²) in [5, 5.41) is 54.0. The first kappa shape index (κ1) is 95.0. The van der Waals surface area contributed by atoms with Gasteiger partial charge in [0.05, 0.1) is 31.1 Å². The first-order chi connectivity index (χ1) is 66.4. The van der Waals surface area contributed by atoms with Crippen LogP contribution in [0, 0.1) is 20.2 Å². The van der Waals surface area contributed by atoms with Gasteiger partial charge in [0.1, 0.15) is 0 Å². The van der Waals surface area contributed by atoms with Crippen LogP contribution in [0.5, 0.6) is 0 Å². The number of aliphatic hydroxyl groups is 1. The van der Waals surface area contributed by atoms with Gasteiger partial charge in [-0.25, -0.2) is 0 Å². The quantitative estimate of drug-likeness (QED) is 0.0295. The molecule has 0 heterocycles. The number of fused-ring (bicyclic) bond motifs is 3. The summed E-state index contributed by atoms with van der Waals surface area (Å²) in [5.41, 5.74) is 6.66. The average Bonchev–Trinajstić information content (AvgIpc) is 1.47. The molecule has 0 bridgehead atoms. The zero-order chi connectivity index (χ0) is 94.4. The van der Waals surface area contributed by atoms with Crippen molar-refractivity contribution in [3.8, 4) is 22.3 Å². The summed E-state index contributed by atoms with van der Waals surface area (Å²) in [5.74, 6) is 0. The van der Waals surface area contributed by atoms with E-state index in [1.807, 2.05) is 38.1 Å². The monoisotopic (exact) mass is 1960 g/mol. The molecule has 19 aromatic carbocycles. The molecule has 0 spiro atoms. The molecule has 20 rings (SSSR count). The van der Waals surface area contributed by atoms with E-state index in [1.54, 1.807) is 51.7 Å². The predicted octanol–water partition coefficient (Wildman–Crippen LogP) is 18.3. The van der Waals surface area contributed by atoms with Gasteiger partial charge in [0.15, 0.2) is 32.3 Å². The van der Waals surface area contributed by atoms with Gasteiger partial charge in [-0.15, -0.1) is 0 Å². The topological polar surface area (TPSA) is 116 Å². The molecule has 0 saturated carbocycles. The third kappa shape index (κ3) is 20.3. The van der Waals surface area contributed by atoms with Crippen molar-refractivity contribution in [2.24, 2.45) is 0 Å². The maximum atomic E-state index is 11.6. The Kier molecular flexibility index (Phi) is 30.6. The van der Waals surface area contributed by atoms with Gasteiger partial charge in [-0.05, 0) is 185 Å². The van der Waals surface area contributed by atoms with Crippen molar-refractivity contribution in [1.29, 1.82) is 0 Å². The lowest BCUT2D eigenvalue weighted by Gasteiger charge is -2.37. The lowest BCUT2D eigenvalue weighted by atomic mass is 9.83. The SMILES string of the molecule is Brc1ccc([Si](c2ccccc2)(c2ccccc2)c2ccccc2)cc1.CC(C)(O)C(C)(C)O[B]c1ccc([Si](c2ccccc2)(c2ccccc2)c2ccccc2)cc1.O=[N+]([O-])c1ccccc1-c1ccc([Si](c2ccccc2)(c2ccccc2)c2ccccc2)cc1.O=[N+]([O-])c1ccccc1Br.c1ccc([Si](c2ccccc2)(c2ccccc2)c2ccc3c(c2)Cc2ccccc2-3)cc1. The number of nitro groups is 2. The maximum absolute atomic E-state index is 11.6. The van der Waals surface area contributed by atoms with Crippen molar-refractivity contribution in [2.45, 2.75) is 45.3 Å². The smallest absolute Gasteiger partial charge is 0.330 e. The van der Waals surface area contributed by atoms with E-state index in [4.69, 9.17) is 4.65 Å². The standard InChI is InChI=1S/C31H24Si.C30H32BO2Si.C30H23NO2Si.C24H19BrSi.C6H4BrNO2/c1-4-13-26(14-5-1)32(27-15-6-2-7-16-27,28-17-8-3-9-18-28)29-20-21-31-25(23-29)22-24-12-10-11-19-30(24)31;1-29(2,32)30(3,4)33-31-24-20-22-28(23-21-24)34(25-14-8-5-9-15-25,26-16-10-6-11-17-26)27-18-12-7-13-19-27;32-31(33)30-19-11-10-18-29(30)24-20-22-28(23-21-24)34(25-12-4-1-5-13-25,26-14-6-2-7-15-26)27-16-8-3-9-17-27;25-20-16-18-24(19-17-20)26(21-10-4-1-5-11-21,22-12-6-2-7-13-22)23-14-8-3-9-15-23;7-5-3-1-2-4-6(5)8(9)10/h1-21,23H,22H2;5-23,32H,1-4H3;1-23H;1-19H;1-4H. The zero-order valence-electron chi connectivity index (χ0n) is 76.2. The van der Waals surface area contributed by atoms with E-state index < -0.39 is 48.4 Å². The Bertz CT molecular complexity index is 6720. The van der Waals surface area contributed by atoms with Gasteiger partial charge in [-0.1, -0.05) is 513 Å². The van der Waals surface area contributed by atoms with Crippen LogP contribution in [0.25, 0.3) is 22.3 Å². The van der Waals surface area contributed by atoms with Crippen LogP contribution in [0.3, 0.4) is 0 Å². The van der Waals surface area contributed by atoms with E-state index >= 15 is 0 Å². The van der Waals surface area contributed by atoms with E-state index in [0.717, 1.165) is 21.9 Å². The highest BCUT2D eigenvalue weighted by Crippen LogP contribution is 2.37. The first-order valence-corrected chi connectivity index (χ1v) is 55.2. The van der Waals surface area contributed by atoms with E-state index in [-0.39, 0.29) is 16.3 Å². The Morgan fingerprint density at radius 2 is 0.500 bits per heavy atom. The van der Waals surface area contributed by atoms with Crippen molar-refractivity contribution in [1.82, 2.24) is 0 Å². The van der Waals surface area contributed by atoms with Crippen LogP contribution in [0.2, 0.25) is 0 Å². The summed E-state index contributed by atoms with van der Waals surface area (Å²) in [6, 6.07) is 187. The van der Waals surface area contributed by atoms with Crippen LogP contribution >= 0.6 is 31.9 Å². The summed E-state index contributed by atoms with van der Waals surface area (Å²) < 4.78 is 7.62. The van der Waals surface area contributed by atoms with Crippen LogP contribution < -0.4 is 88.5 Å². The Morgan fingerprint density at radius 3 is 0.794 bits per heavy atom. The molecule has 0 aliphatic heterocycles. The second-order valence-corrected chi connectivity index (χ2v) is 51.6. The summed E-state index contributed by atoms with van der Waals surface area (Å²) >= 11 is 6.65. The largest absolute Gasteiger partial charge is 0.427 e. The van der Waals surface area contributed by atoms with E-state index in [0.29, 0.717) is 10.0 Å². The molecule has 665 valence electrons. The van der Waals surface area contributed by atoms with Gasteiger partial charge >= 0.3 is 7.48 Å². The fourth-order valence-corrected chi connectivity index (χ4v) is 38.6. The summed E-state index contributed by atoms with van der Waals surface area (Å²) in [7, 11) is -8.14. The molecule has 1 N–H and O–H groups in total. The van der Waals surface area contributed by atoms with Gasteiger partial charge in [0.2, 0.25) is 0 Å². The average molecular weight is 1960 g/mol. The molecule has 0 amide bonds. The highest BCUT2D eigenvalue weighted by atomic mass is 79.9. The molecule has 8 nitrogen and oxygen atoms in total. The number of para-hydroxylation sites is 2. The van der Waals surface area contributed by atoms with Crippen molar-refractivity contribution >= 4 is 171 Å². The normalized spacial score (nSPS) is 11.6. The third-order valence-corrected chi connectivity index (χ3v) is 46.4.